The third-order valence-corrected chi connectivity index (χ3v) is 4.98. The van der Waals surface area contributed by atoms with Gasteiger partial charge in [-0.15, -0.1) is 0 Å². The molecule has 2 N–H and O–H groups in total. The number of hydrogen-bond donors (Lipinski definition) is 1. The number of nitrogens with two attached hydrogens (primary N) is 1. The third-order valence-electron chi connectivity index (χ3n) is 3.26. The highest BCUT2D eigenvalue weighted by Gasteiger charge is 2.21. The third kappa shape index (κ3) is 3.91. The summed E-state index contributed by atoms with van der Waals surface area (Å²) in [5.41, 5.74) is 6.95. The van der Waals surface area contributed by atoms with Gasteiger partial charge in [-0.05, 0) is 31.4 Å². The Hall–Kier alpha value is -1.14. The van der Waals surface area contributed by atoms with Gasteiger partial charge in [0.15, 0.2) is 9.84 Å². The van der Waals surface area contributed by atoms with E-state index in [1.807, 2.05) is 19.1 Å². The van der Waals surface area contributed by atoms with Crippen LogP contribution in [-0.2, 0) is 16.3 Å². The van der Waals surface area contributed by atoms with Crippen LogP contribution < -0.4 is 10.6 Å². The summed E-state index contributed by atoms with van der Waals surface area (Å²) >= 11 is 0. The second-order valence-corrected chi connectivity index (χ2v) is 7.46. The highest BCUT2D eigenvalue weighted by molar-refractivity contribution is 7.91. The van der Waals surface area contributed by atoms with Gasteiger partial charge in [-0.1, -0.05) is 6.07 Å². The van der Waals surface area contributed by atoms with Gasteiger partial charge in [0.25, 0.3) is 0 Å². The summed E-state index contributed by atoms with van der Waals surface area (Å²) in [4.78, 5) is 6.49. The summed E-state index contributed by atoms with van der Waals surface area (Å²) in [5, 5.41) is 0. The van der Waals surface area contributed by atoms with Gasteiger partial charge in [-0.25, -0.2) is 13.4 Å². The zero-order chi connectivity index (χ0) is 13.9. The van der Waals surface area contributed by atoms with Crippen molar-refractivity contribution in [2.24, 2.45) is 5.73 Å². The molecule has 0 saturated carbocycles. The van der Waals surface area contributed by atoms with Crippen LogP contribution in [-0.4, -0.2) is 44.0 Å². The molecule has 1 aromatic heterocycles. The number of anilines is 1. The highest BCUT2D eigenvalue weighted by Crippen LogP contribution is 2.20. The Morgan fingerprint density at radius 3 is 2.95 bits per heavy atom. The minimum absolute atomic E-state index is 0.0682. The summed E-state index contributed by atoms with van der Waals surface area (Å²) in [6.07, 6.45) is 3.17. The van der Waals surface area contributed by atoms with E-state index in [0.717, 1.165) is 24.3 Å². The Morgan fingerprint density at radius 1 is 1.42 bits per heavy atom. The first kappa shape index (κ1) is 14.3. The van der Waals surface area contributed by atoms with E-state index in [4.69, 9.17) is 5.73 Å². The molecule has 0 aliphatic carbocycles. The molecule has 0 aromatic carbocycles. The van der Waals surface area contributed by atoms with Gasteiger partial charge in [0.2, 0.25) is 0 Å². The van der Waals surface area contributed by atoms with Gasteiger partial charge in [0.1, 0.15) is 5.82 Å². The molecule has 106 valence electrons. The number of hydrogen-bond acceptors (Lipinski definition) is 5. The van der Waals surface area contributed by atoms with Crippen LogP contribution in [0.4, 0.5) is 5.82 Å². The molecular weight excluding hydrogens is 262 g/mol. The zero-order valence-electron chi connectivity index (χ0n) is 11.2. The number of aromatic nitrogens is 1. The molecule has 6 heteroatoms. The molecule has 0 bridgehead atoms. The van der Waals surface area contributed by atoms with E-state index >= 15 is 0 Å². The Bertz CT molecular complexity index is 528. The fourth-order valence-corrected chi connectivity index (χ4v) is 3.64. The smallest absolute Gasteiger partial charge is 0.152 e. The van der Waals surface area contributed by atoms with E-state index in [0.29, 0.717) is 13.0 Å². The van der Waals surface area contributed by atoms with Crippen LogP contribution in [0.3, 0.4) is 0 Å². The average Bonchev–Trinajstić information content (AvgIpc) is 2.50. The Kier molecular flexibility index (Phi) is 4.42. The molecule has 1 aromatic rings. The van der Waals surface area contributed by atoms with Crippen molar-refractivity contribution in [2.75, 3.05) is 29.5 Å². The maximum atomic E-state index is 11.6. The van der Waals surface area contributed by atoms with E-state index in [1.165, 1.54) is 0 Å². The van der Waals surface area contributed by atoms with E-state index in [9.17, 15) is 8.42 Å². The predicted octanol–water partition coefficient (Wildman–Crippen LogP) is 0.596. The molecule has 0 amide bonds. The van der Waals surface area contributed by atoms with E-state index in [1.54, 1.807) is 6.20 Å². The summed E-state index contributed by atoms with van der Waals surface area (Å²) in [6.45, 7) is 3.22. The van der Waals surface area contributed by atoms with Crippen molar-refractivity contribution >= 4 is 15.7 Å². The van der Waals surface area contributed by atoms with Crippen molar-refractivity contribution in [1.29, 1.82) is 0 Å². The van der Waals surface area contributed by atoms with Crippen molar-refractivity contribution in [3.05, 3.63) is 23.9 Å². The normalized spacial score (nSPS) is 20.8. The first-order valence-electron chi connectivity index (χ1n) is 6.63. The quantitative estimate of drug-likeness (QED) is 0.879. The lowest BCUT2D eigenvalue weighted by atomic mass is 10.1. The van der Waals surface area contributed by atoms with Gasteiger partial charge in [-0.2, -0.15) is 0 Å². The van der Waals surface area contributed by atoms with Gasteiger partial charge in [0, 0.05) is 25.3 Å². The van der Waals surface area contributed by atoms with Crippen LogP contribution in [0.15, 0.2) is 18.3 Å². The number of sulfone groups is 1. The molecule has 2 heterocycles. The molecule has 1 atom stereocenters. The molecular formula is C13H21N3O2S. The Labute approximate surface area is 114 Å². The summed E-state index contributed by atoms with van der Waals surface area (Å²) in [5.74, 6) is 1.37. The van der Waals surface area contributed by atoms with Crippen molar-refractivity contribution < 1.29 is 8.42 Å². The molecule has 1 aliphatic heterocycles. The summed E-state index contributed by atoms with van der Waals surface area (Å²) < 4.78 is 23.3. The Morgan fingerprint density at radius 2 is 2.21 bits per heavy atom. The van der Waals surface area contributed by atoms with Crippen LogP contribution in [0, 0.1) is 0 Å². The molecule has 19 heavy (non-hydrogen) atoms. The zero-order valence-corrected chi connectivity index (χ0v) is 12.1. The second-order valence-electron chi connectivity index (χ2n) is 5.16. The lowest BCUT2D eigenvalue weighted by molar-refractivity contribution is 0.597. The number of rotatable bonds is 3. The predicted molar refractivity (Wildman–Crippen MR) is 77.1 cm³/mol. The number of nitrogens with zero attached hydrogens (tertiary/aromatic N) is 2. The maximum Gasteiger partial charge on any atom is 0.152 e. The lowest BCUT2D eigenvalue weighted by Gasteiger charge is -2.24. The van der Waals surface area contributed by atoms with Crippen molar-refractivity contribution in [2.45, 2.75) is 25.8 Å². The lowest BCUT2D eigenvalue weighted by Crippen LogP contribution is -2.29. The molecule has 0 radical (unpaired) electrons. The molecule has 5 nitrogen and oxygen atoms in total. The standard InChI is InChI=1S/C13H21N3O2S/c1-11(14)10-12-4-2-5-15-13(12)16-6-3-8-19(17,18)9-7-16/h2,4-5,11H,3,6-10,14H2,1H3. The number of pyridine rings is 1. The summed E-state index contributed by atoms with van der Waals surface area (Å²) in [6, 6.07) is 3.99. The van der Waals surface area contributed by atoms with Crippen molar-refractivity contribution in [3.8, 4) is 0 Å². The van der Waals surface area contributed by atoms with E-state index in [2.05, 4.69) is 9.88 Å². The molecule has 1 unspecified atom stereocenters. The van der Waals surface area contributed by atoms with E-state index in [-0.39, 0.29) is 17.5 Å². The first-order valence-corrected chi connectivity index (χ1v) is 8.45. The first-order chi connectivity index (χ1) is 8.98. The SMILES string of the molecule is CC(N)Cc1cccnc1N1CCCS(=O)(=O)CC1. The van der Waals surface area contributed by atoms with Gasteiger partial charge in [0.05, 0.1) is 11.5 Å². The van der Waals surface area contributed by atoms with Crippen LogP contribution in [0.2, 0.25) is 0 Å². The fourth-order valence-electron chi connectivity index (χ4n) is 2.37. The van der Waals surface area contributed by atoms with Crippen LogP contribution in [0.5, 0.6) is 0 Å². The van der Waals surface area contributed by atoms with Crippen molar-refractivity contribution in [3.63, 3.8) is 0 Å². The summed E-state index contributed by atoms with van der Waals surface area (Å²) in [7, 11) is -2.89. The van der Waals surface area contributed by atoms with Crippen LogP contribution in [0.1, 0.15) is 18.9 Å². The highest BCUT2D eigenvalue weighted by atomic mass is 32.2. The monoisotopic (exact) mass is 283 g/mol. The second kappa shape index (κ2) is 5.88. The molecule has 2 rings (SSSR count). The minimum atomic E-state index is -2.89. The topological polar surface area (TPSA) is 76.3 Å². The van der Waals surface area contributed by atoms with Gasteiger partial charge >= 0.3 is 0 Å². The molecule has 1 saturated heterocycles. The minimum Gasteiger partial charge on any atom is -0.355 e. The largest absolute Gasteiger partial charge is 0.355 e. The Balaban J connectivity index is 2.21. The van der Waals surface area contributed by atoms with E-state index < -0.39 is 9.84 Å². The fraction of sp³-hybridized carbons (Fsp3) is 0.615. The van der Waals surface area contributed by atoms with Gasteiger partial charge < -0.3 is 10.6 Å². The van der Waals surface area contributed by atoms with Gasteiger partial charge in [-0.3, -0.25) is 0 Å². The van der Waals surface area contributed by atoms with Crippen molar-refractivity contribution in [1.82, 2.24) is 4.98 Å². The molecule has 1 aliphatic rings. The molecule has 1 fully saturated rings. The average molecular weight is 283 g/mol. The van der Waals surface area contributed by atoms with Crippen LogP contribution in [0.25, 0.3) is 0 Å². The maximum absolute atomic E-state index is 11.6. The molecule has 0 spiro atoms. The van der Waals surface area contributed by atoms with Crippen LogP contribution >= 0.6 is 0 Å².